The van der Waals surface area contributed by atoms with Crippen molar-refractivity contribution >= 4 is 23.3 Å². The number of ether oxygens (including phenoxy) is 1. The average Bonchev–Trinajstić information content (AvgIpc) is 2.60. The van der Waals surface area contributed by atoms with Crippen molar-refractivity contribution in [3.05, 3.63) is 56.4 Å². The van der Waals surface area contributed by atoms with Crippen LogP contribution in [-0.2, 0) is 27.4 Å². The molecule has 0 radical (unpaired) electrons. The Morgan fingerprint density at radius 1 is 0.966 bits per heavy atom. The van der Waals surface area contributed by atoms with Gasteiger partial charge in [0.05, 0.1) is 5.69 Å². The number of aryl methyl sites for hydroxylation is 2. The molecule has 0 fully saturated rings. The number of esters is 1. The van der Waals surface area contributed by atoms with Gasteiger partial charge in [0.15, 0.2) is 0 Å². The van der Waals surface area contributed by atoms with Crippen molar-refractivity contribution in [2.75, 3.05) is 11.1 Å². The summed E-state index contributed by atoms with van der Waals surface area (Å²) in [4.78, 5) is 49.3. The number of anilines is 2. The predicted molar refractivity (Wildman–Crippen MR) is 110 cm³/mol. The Kier molecular flexibility index (Phi) is 6.31. The molecule has 29 heavy (non-hydrogen) atoms. The van der Waals surface area contributed by atoms with Gasteiger partial charge >= 0.3 is 5.97 Å². The minimum atomic E-state index is -0.678. The second-order valence-corrected chi connectivity index (χ2v) is 7.74. The van der Waals surface area contributed by atoms with Crippen molar-refractivity contribution in [2.24, 2.45) is 0 Å². The zero-order valence-electron chi connectivity index (χ0n) is 17.2. The molecule has 2 heterocycles. The average molecular weight is 402 g/mol. The number of hydrogen-bond donors (Lipinski definition) is 2. The van der Waals surface area contributed by atoms with Crippen molar-refractivity contribution in [3.8, 4) is 0 Å². The first-order valence-corrected chi connectivity index (χ1v) is 9.07. The van der Waals surface area contributed by atoms with Crippen LogP contribution >= 0.6 is 0 Å². The Balaban J connectivity index is 2.23. The molecule has 3 N–H and O–H groups in total. The summed E-state index contributed by atoms with van der Waals surface area (Å²) in [6.07, 6.45) is 0. The number of aromatic nitrogens is 2. The van der Waals surface area contributed by atoms with E-state index in [-0.39, 0.29) is 24.5 Å². The van der Waals surface area contributed by atoms with E-state index in [1.807, 2.05) is 0 Å². The van der Waals surface area contributed by atoms with E-state index in [4.69, 9.17) is 10.5 Å². The Labute approximate surface area is 168 Å². The van der Waals surface area contributed by atoms with Gasteiger partial charge in [0.25, 0.3) is 11.1 Å². The summed E-state index contributed by atoms with van der Waals surface area (Å²) < 4.78 is 7.70. The number of carbonyl (C=O) groups excluding carboxylic acids is 2. The van der Waals surface area contributed by atoms with E-state index in [2.05, 4.69) is 5.32 Å². The first-order valence-electron chi connectivity index (χ1n) is 9.07. The van der Waals surface area contributed by atoms with Gasteiger partial charge in [0.1, 0.15) is 24.4 Å². The van der Waals surface area contributed by atoms with Crippen LogP contribution in [0.1, 0.15) is 32.2 Å². The van der Waals surface area contributed by atoms with Crippen molar-refractivity contribution in [3.63, 3.8) is 0 Å². The third-order valence-corrected chi connectivity index (χ3v) is 4.10. The molecule has 0 bridgehead atoms. The molecule has 2 aromatic rings. The zero-order valence-corrected chi connectivity index (χ0v) is 17.2. The number of nitrogen functional groups attached to an aromatic ring is 1. The number of nitrogens with zero attached hydrogens (tertiary/aromatic N) is 2. The number of nitrogens with one attached hydrogen (secondary N) is 1. The summed E-state index contributed by atoms with van der Waals surface area (Å²) >= 11 is 0. The fraction of sp³-hybridized carbons (Fsp3) is 0.400. The maximum atomic E-state index is 12.7. The molecule has 9 nitrogen and oxygen atoms in total. The van der Waals surface area contributed by atoms with Crippen LogP contribution < -0.4 is 22.2 Å². The van der Waals surface area contributed by atoms with Crippen molar-refractivity contribution in [1.29, 1.82) is 0 Å². The van der Waals surface area contributed by atoms with Gasteiger partial charge < -0.3 is 20.4 Å². The Hall–Kier alpha value is -3.36. The summed E-state index contributed by atoms with van der Waals surface area (Å²) in [7, 11) is 0. The molecule has 9 heteroatoms. The van der Waals surface area contributed by atoms with Crippen LogP contribution in [-0.4, -0.2) is 26.6 Å². The highest BCUT2D eigenvalue weighted by molar-refractivity contribution is 5.90. The topological polar surface area (TPSA) is 125 Å². The molecular weight excluding hydrogens is 376 g/mol. The molecule has 0 saturated heterocycles. The third kappa shape index (κ3) is 5.56. The molecule has 0 aliphatic rings. The fourth-order valence-electron chi connectivity index (χ4n) is 2.68. The second-order valence-electron chi connectivity index (χ2n) is 7.74. The maximum absolute atomic E-state index is 12.7. The molecule has 156 valence electrons. The molecule has 0 aliphatic heterocycles. The number of hydrogen-bond acceptors (Lipinski definition) is 6. The molecule has 0 spiro atoms. The lowest BCUT2D eigenvalue weighted by molar-refractivity contribution is -0.155. The normalized spacial score (nSPS) is 11.2. The smallest absolute Gasteiger partial charge is 0.326 e. The standard InChI is InChI=1S/C20H26N4O5/c1-12-6-8-14(21)18(27)23(12)10-16(25)22-15-9-7-13(2)24(19(15)28)11-17(26)29-20(3,4)5/h6-9H,10-11,21H2,1-5H3,(H,22,25). The largest absolute Gasteiger partial charge is 0.459 e. The minimum Gasteiger partial charge on any atom is -0.459 e. The van der Waals surface area contributed by atoms with Gasteiger partial charge in [-0.15, -0.1) is 0 Å². The lowest BCUT2D eigenvalue weighted by Crippen LogP contribution is -2.34. The van der Waals surface area contributed by atoms with Gasteiger partial charge in [-0.2, -0.15) is 0 Å². The van der Waals surface area contributed by atoms with E-state index >= 15 is 0 Å². The van der Waals surface area contributed by atoms with Crippen LogP contribution in [0.2, 0.25) is 0 Å². The number of pyridine rings is 2. The third-order valence-electron chi connectivity index (χ3n) is 4.10. The SMILES string of the molecule is Cc1ccc(N)c(=O)n1CC(=O)Nc1ccc(C)n(CC(=O)OC(C)(C)C)c1=O. The van der Waals surface area contributed by atoms with E-state index in [0.29, 0.717) is 11.4 Å². The van der Waals surface area contributed by atoms with Gasteiger partial charge in [-0.1, -0.05) is 0 Å². The van der Waals surface area contributed by atoms with Crippen molar-refractivity contribution < 1.29 is 14.3 Å². The fourth-order valence-corrected chi connectivity index (χ4v) is 2.68. The van der Waals surface area contributed by atoms with Crippen LogP contribution in [0.25, 0.3) is 0 Å². The van der Waals surface area contributed by atoms with Gasteiger partial charge in [-0.25, -0.2) is 0 Å². The highest BCUT2D eigenvalue weighted by Gasteiger charge is 2.19. The van der Waals surface area contributed by atoms with Crippen LogP contribution in [0.15, 0.2) is 33.9 Å². The number of nitrogens with two attached hydrogens (primary N) is 1. The molecule has 1 amide bonds. The molecule has 2 rings (SSSR count). The summed E-state index contributed by atoms with van der Waals surface area (Å²) in [5.41, 5.74) is 5.04. The Morgan fingerprint density at radius 2 is 1.52 bits per heavy atom. The molecule has 0 aromatic carbocycles. The molecule has 0 unspecified atom stereocenters. The lowest BCUT2D eigenvalue weighted by Gasteiger charge is -2.20. The highest BCUT2D eigenvalue weighted by atomic mass is 16.6. The highest BCUT2D eigenvalue weighted by Crippen LogP contribution is 2.09. The molecule has 0 aliphatic carbocycles. The predicted octanol–water partition coefficient (Wildman–Crippen LogP) is 1.19. The number of rotatable bonds is 5. The summed E-state index contributed by atoms with van der Waals surface area (Å²) in [5, 5.41) is 2.50. The van der Waals surface area contributed by atoms with Gasteiger partial charge in [0, 0.05) is 11.4 Å². The van der Waals surface area contributed by atoms with E-state index < -0.39 is 28.6 Å². The van der Waals surface area contributed by atoms with Crippen LogP contribution in [0.5, 0.6) is 0 Å². The van der Waals surface area contributed by atoms with Gasteiger partial charge in [-0.3, -0.25) is 23.7 Å². The van der Waals surface area contributed by atoms with E-state index in [9.17, 15) is 19.2 Å². The van der Waals surface area contributed by atoms with Crippen LogP contribution in [0.4, 0.5) is 11.4 Å². The van der Waals surface area contributed by atoms with Crippen molar-refractivity contribution in [1.82, 2.24) is 9.13 Å². The Bertz CT molecular complexity index is 1060. The summed E-state index contributed by atoms with van der Waals surface area (Å²) in [6, 6.07) is 6.17. The van der Waals surface area contributed by atoms with Crippen LogP contribution in [0, 0.1) is 13.8 Å². The summed E-state index contributed by atoms with van der Waals surface area (Å²) in [5.74, 6) is -1.13. The van der Waals surface area contributed by atoms with Crippen LogP contribution in [0.3, 0.4) is 0 Å². The van der Waals surface area contributed by atoms with E-state index in [0.717, 1.165) is 0 Å². The quantitative estimate of drug-likeness (QED) is 0.724. The first kappa shape index (κ1) is 21.9. The lowest BCUT2D eigenvalue weighted by atomic mass is 10.2. The first-order chi connectivity index (χ1) is 13.4. The monoisotopic (exact) mass is 402 g/mol. The van der Waals surface area contributed by atoms with E-state index in [1.165, 1.54) is 21.3 Å². The number of carbonyl (C=O) groups is 2. The molecule has 0 saturated carbocycles. The van der Waals surface area contributed by atoms with Gasteiger partial charge in [-0.05, 0) is 58.9 Å². The summed E-state index contributed by atoms with van der Waals surface area (Å²) in [6.45, 7) is 7.97. The second kappa shape index (κ2) is 8.34. The zero-order chi connectivity index (χ0) is 21.9. The maximum Gasteiger partial charge on any atom is 0.326 e. The van der Waals surface area contributed by atoms with Crippen molar-refractivity contribution in [2.45, 2.75) is 53.3 Å². The van der Waals surface area contributed by atoms with Gasteiger partial charge in [0.2, 0.25) is 5.91 Å². The Morgan fingerprint density at radius 3 is 2.10 bits per heavy atom. The number of amides is 1. The minimum absolute atomic E-state index is 0.00114. The molecule has 2 aromatic heterocycles. The molecule has 0 atom stereocenters. The van der Waals surface area contributed by atoms with E-state index in [1.54, 1.807) is 46.8 Å². The molecular formula is C20H26N4O5.